The van der Waals surface area contributed by atoms with Gasteiger partial charge in [-0.1, -0.05) is 0 Å². The monoisotopic (exact) mass is 218 g/mol. The van der Waals surface area contributed by atoms with Gasteiger partial charge < -0.3 is 10.2 Å². The maximum atomic E-state index is 4.38. The van der Waals surface area contributed by atoms with Crippen LogP contribution in [0, 0.1) is 11.8 Å². The van der Waals surface area contributed by atoms with Gasteiger partial charge in [-0.3, -0.25) is 0 Å². The highest BCUT2D eigenvalue weighted by atomic mass is 15.3. The second kappa shape index (κ2) is 3.42. The average molecular weight is 218 g/mol. The average Bonchev–Trinajstić information content (AvgIpc) is 2.83. The standard InChI is InChI=1S/C12H18N4/c1-12(2)10-7-13-6-9(10)8-16(12)11-14-4-3-5-15-11/h3-5,9-10,13H,6-8H2,1-2H3. The zero-order valence-corrected chi connectivity index (χ0v) is 9.85. The van der Waals surface area contributed by atoms with Gasteiger partial charge in [0.15, 0.2) is 0 Å². The maximum Gasteiger partial charge on any atom is 0.225 e. The van der Waals surface area contributed by atoms with E-state index in [1.165, 1.54) is 0 Å². The van der Waals surface area contributed by atoms with Crippen LogP contribution in [0.1, 0.15) is 13.8 Å². The first kappa shape index (κ1) is 10.0. The molecule has 2 aliphatic heterocycles. The van der Waals surface area contributed by atoms with E-state index in [0.717, 1.165) is 37.4 Å². The van der Waals surface area contributed by atoms with Gasteiger partial charge in [-0.2, -0.15) is 0 Å². The molecular weight excluding hydrogens is 200 g/mol. The first-order valence-corrected chi connectivity index (χ1v) is 5.95. The zero-order chi connectivity index (χ0) is 11.2. The smallest absolute Gasteiger partial charge is 0.225 e. The van der Waals surface area contributed by atoms with Crippen molar-refractivity contribution in [2.45, 2.75) is 19.4 Å². The molecule has 4 heteroatoms. The third-order valence-corrected chi connectivity index (χ3v) is 4.15. The van der Waals surface area contributed by atoms with E-state index >= 15 is 0 Å². The molecule has 0 spiro atoms. The molecule has 86 valence electrons. The van der Waals surface area contributed by atoms with Gasteiger partial charge in [0.1, 0.15) is 0 Å². The number of rotatable bonds is 1. The van der Waals surface area contributed by atoms with Crippen LogP contribution in [0.15, 0.2) is 18.5 Å². The number of nitrogens with zero attached hydrogens (tertiary/aromatic N) is 3. The van der Waals surface area contributed by atoms with Crippen molar-refractivity contribution in [3.05, 3.63) is 18.5 Å². The van der Waals surface area contributed by atoms with Gasteiger partial charge >= 0.3 is 0 Å². The Morgan fingerprint density at radius 1 is 1.31 bits per heavy atom. The van der Waals surface area contributed by atoms with E-state index in [4.69, 9.17) is 0 Å². The lowest BCUT2D eigenvalue weighted by atomic mass is 9.85. The molecule has 2 saturated heterocycles. The summed E-state index contributed by atoms with van der Waals surface area (Å²) in [7, 11) is 0. The lowest BCUT2D eigenvalue weighted by Crippen LogP contribution is -2.45. The number of fused-ring (bicyclic) bond motifs is 1. The molecule has 16 heavy (non-hydrogen) atoms. The van der Waals surface area contributed by atoms with Crippen LogP contribution in [0.5, 0.6) is 0 Å². The minimum Gasteiger partial charge on any atom is -0.335 e. The lowest BCUT2D eigenvalue weighted by molar-refractivity contribution is 0.355. The third-order valence-electron chi connectivity index (χ3n) is 4.15. The molecule has 1 aromatic heterocycles. The Kier molecular flexibility index (Phi) is 2.14. The van der Waals surface area contributed by atoms with Gasteiger partial charge in [0.25, 0.3) is 0 Å². The van der Waals surface area contributed by atoms with Gasteiger partial charge in [-0.25, -0.2) is 9.97 Å². The maximum absolute atomic E-state index is 4.38. The molecular formula is C12H18N4. The predicted octanol–water partition coefficient (Wildman–Crippen LogP) is 0.911. The van der Waals surface area contributed by atoms with Crippen LogP contribution in [-0.2, 0) is 0 Å². The number of aromatic nitrogens is 2. The summed E-state index contributed by atoms with van der Waals surface area (Å²) in [4.78, 5) is 11.1. The van der Waals surface area contributed by atoms with Crippen molar-refractivity contribution < 1.29 is 0 Å². The summed E-state index contributed by atoms with van der Waals surface area (Å²) in [5.74, 6) is 2.34. The third kappa shape index (κ3) is 1.33. The van der Waals surface area contributed by atoms with Crippen molar-refractivity contribution in [3.8, 4) is 0 Å². The number of hydrogen-bond acceptors (Lipinski definition) is 4. The van der Waals surface area contributed by atoms with E-state index in [9.17, 15) is 0 Å². The van der Waals surface area contributed by atoms with Crippen LogP contribution in [0.3, 0.4) is 0 Å². The van der Waals surface area contributed by atoms with Crippen molar-refractivity contribution in [1.82, 2.24) is 15.3 Å². The Balaban J connectivity index is 1.93. The van der Waals surface area contributed by atoms with Crippen LogP contribution in [-0.4, -0.2) is 35.1 Å². The summed E-state index contributed by atoms with van der Waals surface area (Å²) in [6.45, 7) is 7.95. The molecule has 3 rings (SSSR count). The Bertz CT molecular complexity index is 376. The van der Waals surface area contributed by atoms with Crippen molar-refractivity contribution >= 4 is 5.95 Å². The Morgan fingerprint density at radius 2 is 2.06 bits per heavy atom. The van der Waals surface area contributed by atoms with E-state index < -0.39 is 0 Å². The number of anilines is 1. The van der Waals surface area contributed by atoms with Crippen molar-refractivity contribution in [3.63, 3.8) is 0 Å². The molecule has 2 unspecified atom stereocenters. The summed E-state index contributed by atoms with van der Waals surface area (Å²) in [6, 6.07) is 1.87. The van der Waals surface area contributed by atoms with E-state index in [-0.39, 0.29) is 5.54 Å². The molecule has 4 nitrogen and oxygen atoms in total. The van der Waals surface area contributed by atoms with Crippen LogP contribution < -0.4 is 10.2 Å². The highest BCUT2D eigenvalue weighted by Crippen LogP contribution is 2.41. The molecule has 0 radical (unpaired) electrons. The first-order valence-electron chi connectivity index (χ1n) is 5.95. The highest BCUT2D eigenvalue weighted by molar-refractivity contribution is 5.38. The van der Waals surface area contributed by atoms with Crippen LogP contribution in [0.4, 0.5) is 5.95 Å². The zero-order valence-electron chi connectivity index (χ0n) is 9.85. The molecule has 0 bridgehead atoms. The molecule has 2 fully saturated rings. The summed E-state index contributed by atoms with van der Waals surface area (Å²) in [5, 5.41) is 3.48. The molecule has 2 atom stereocenters. The van der Waals surface area contributed by atoms with Crippen LogP contribution >= 0.6 is 0 Å². The fourth-order valence-corrected chi connectivity index (χ4v) is 3.19. The van der Waals surface area contributed by atoms with E-state index in [1.54, 1.807) is 0 Å². The minimum absolute atomic E-state index is 0.162. The summed E-state index contributed by atoms with van der Waals surface area (Å²) >= 11 is 0. The Morgan fingerprint density at radius 3 is 2.75 bits per heavy atom. The van der Waals surface area contributed by atoms with Gasteiger partial charge in [-0.15, -0.1) is 0 Å². The molecule has 3 heterocycles. The predicted molar refractivity (Wildman–Crippen MR) is 63.3 cm³/mol. The second-order valence-electron chi connectivity index (χ2n) is 5.34. The topological polar surface area (TPSA) is 41.0 Å². The van der Waals surface area contributed by atoms with Crippen LogP contribution in [0.25, 0.3) is 0 Å². The number of nitrogens with one attached hydrogen (secondary N) is 1. The minimum atomic E-state index is 0.162. The molecule has 0 saturated carbocycles. The van der Waals surface area contributed by atoms with Gasteiger partial charge in [0.05, 0.1) is 0 Å². The van der Waals surface area contributed by atoms with Crippen molar-refractivity contribution in [1.29, 1.82) is 0 Å². The quantitative estimate of drug-likeness (QED) is 0.760. The Labute approximate surface area is 96.1 Å². The molecule has 0 aromatic carbocycles. The number of hydrogen-bond donors (Lipinski definition) is 1. The molecule has 0 aliphatic carbocycles. The van der Waals surface area contributed by atoms with E-state index in [0.29, 0.717) is 0 Å². The highest BCUT2D eigenvalue weighted by Gasteiger charge is 2.50. The van der Waals surface area contributed by atoms with E-state index in [1.807, 2.05) is 18.5 Å². The summed E-state index contributed by atoms with van der Waals surface area (Å²) < 4.78 is 0. The van der Waals surface area contributed by atoms with Gasteiger partial charge in [0.2, 0.25) is 5.95 Å². The molecule has 0 amide bonds. The fourth-order valence-electron chi connectivity index (χ4n) is 3.19. The van der Waals surface area contributed by atoms with Gasteiger partial charge in [0, 0.05) is 37.6 Å². The fraction of sp³-hybridized carbons (Fsp3) is 0.667. The molecule has 1 N–H and O–H groups in total. The second-order valence-corrected chi connectivity index (χ2v) is 5.34. The Hall–Kier alpha value is -1.16. The normalized spacial score (nSPS) is 31.8. The summed E-state index contributed by atoms with van der Waals surface area (Å²) in [6.07, 6.45) is 3.65. The van der Waals surface area contributed by atoms with Gasteiger partial charge in [-0.05, 0) is 31.7 Å². The SMILES string of the molecule is CC1(C)C2CNCC2CN1c1ncccn1. The molecule has 1 aromatic rings. The van der Waals surface area contributed by atoms with E-state index in [2.05, 4.69) is 34.0 Å². The van der Waals surface area contributed by atoms with Crippen LogP contribution in [0.2, 0.25) is 0 Å². The lowest BCUT2D eigenvalue weighted by Gasteiger charge is -2.35. The largest absolute Gasteiger partial charge is 0.335 e. The first-order chi connectivity index (χ1) is 7.69. The van der Waals surface area contributed by atoms with Crippen molar-refractivity contribution in [2.24, 2.45) is 11.8 Å². The summed E-state index contributed by atoms with van der Waals surface area (Å²) in [5.41, 5.74) is 0.162. The molecule has 2 aliphatic rings. The van der Waals surface area contributed by atoms with Crippen molar-refractivity contribution in [2.75, 3.05) is 24.5 Å².